The molecule has 1 amide bonds. The SMILES string of the molecule is Cc1c(C)c(C)c(Cc2ccc(C(=O)N(C)[C@@H](C)[C@H](O)c3ccccc3)o2)c(C)c1C. The van der Waals surface area contributed by atoms with Crippen LogP contribution < -0.4 is 0 Å². The maximum Gasteiger partial charge on any atom is 0.289 e. The van der Waals surface area contributed by atoms with Gasteiger partial charge in [0.25, 0.3) is 5.91 Å². The van der Waals surface area contributed by atoms with Crippen LogP contribution >= 0.6 is 0 Å². The summed E-state index contributed by atoms with van der Waals surface area (Å²) in [5, 5.41) is 10.7. The fourth-order valence-corrected chi connectivity index (χ4v) is 4.10. The Morgan fingerprint density at radius 2 is 1.45 bits per heavy atom. The summed E-state index contributed by atoms with van der Waals surface area (Å²) in [4.78, 5) is 14.5. The van der Waals surface area contributed by atoms with Crippen LogP contribution in [0.1, 0.15) is 68.3 Å². The van der Waals surface area contributed by atoms with E-state index in [1.54, 1.807) is 13.1 Å². The van der Waals surface area contributed by atoms with Crippen LogP contribution in [0.2, 0.25) is 0 Å². The second-order valence-corrected chi connectivity index (χ2v) is 8.56. The van der Waals surface area contributed by atoms with Crippen molar-refractivity contribution < 1.29 is 14.3 Å². The van der Waals surface area contributed by atoms with Crippen molar-refractivity contribution in [1.29, 1.82) is 0 Å². The highest BCUT2D eigenvalue weighted by atomic mass is 16.4. The molecule has 1 aromatic heterocycles. The normalized spacial score (nSPS) is 13.2. The third kappa shape index (κ3) is 4.45. The zero-order valence-corrected chi connectivity index (χ0v) is 19.6. The zero-order chi connectivity index (χ0) is 22.9. The van der Waals surface area contributed by atoms with Crippen molar-refractivity contribution in [2.75, 3.05) is 7.05 Å². The van der Waals surface area contributed by atoms with Crippen LogP contribution in [-0.2, 0) is 6.42 Å². The summed E-state index contributed by atoms with van der Waals surface area (Å²) in [7, 11) is 1.70. The monoisotopic (exact) mass is 419 g/mol. The molecule has 0 spiro atoms. The van der Waals surface area contributed by atoms with Gasteiger partial charge in [-0.3, -0.25) is 4.79 Å². The van der Waals surface area contributed by atoms with E-state index in [1.807, 2.05) is 43.3 Å². The summed E-state index contributed by atoms with van der Waals surface area (Å²) in [6, 6.07) is 12.6. The van der Waals surface area contributed by atoms with Gasteiger partial charge in [-0.25, -0.2) is 0 Å². The quantitative estimate of drug-likeness (QED) is 0.565. The molecule has 4 nitrogen and oxygen atoms in total. The van der Waals surface area contributed by atoms with Crippen LogP contribution in [0.15, 0.2) is 46.9 Å². The lowest BCUT2D eigenvalue weighted by atomic mass is 9.88. The number of carbonyl (C=O) groups is 1. The Balaban J connectivity index is 1.79. The lowest BCUT2D eigenvalue weighted by Gasteiger charge is -2.28. The molecule has 0 aliphatic carbocycles. The number of rotatable bonds is 6. The van der Waals surface area contributed by atoms with E-state index in [1.165, 1.54) is 38.3 Å². The Kier molecular flexibility index (Phi) is 6.71. The predicted molar refractivity (Wildman–Crippen MR) is 125 cm³/mol. The summed E-state index contributed by atoms with van der Waals surface area (Å²) in [6.45, 7) is 12.6. The molecule has 1 heterocycles. The number of nitrogens with zero attached hydrogens (tertiary/aromatic N) is 1. The van der Waals surface area contributed by atoms with Gasteiger partial charge in [0, 0.05) is 13.5 Å². The molecule has 31 heavy (non-hydrogen) atoms. The van der Waals surface area contributed by atoms with E-state index in [9.17, 15) is 9.90 Å². The zero-order valence-electron chi connectivity index (χ0n) is 19.6. The number of likely N-dealkylation sites (N-methyl/N-ethyl adjacent to an activating group) is 1. The first-order valence-corrected chi connectivity index (χ1v) is 10.8. The van der Waals surface area contributed by atoms with E-state index < -0.39 is 12.1 Å². The lowest BCUT2D eigenvalue weighted by Crippen LogP contribution is -2.38. The van der Waals surface area contributed by atoms with Crippen LogP contribution in [-0.4, -0.2) is 29.0 Å². The summed E-state index contributed by atoms with van der Waals surface area (Å²) in [5.74, 6) is 0.820. The summed E-state index contributed by atoms with van der Waals surface area (Å²) < 4.78 is 5.95. The second-order valence-electron chi connectivity index (χ2n) is 8.56. The highest BCUT2D eigenvalue weighted by Gasteiger charge is 2.26. The van der Waals surface area contributed by atoms with Gasteiger partial charge >= 0.3 is 0 Å². The Morgan fingerprint density at radius 3 is 2.03 bits per heavy atom. The van der Waals surface area contributed by atoms with E-state index in [0.29, 0.717) is 12.2 Å². The number of benzene rings is 2. The molecule has 3 rings (SSSR count). The number of aliphatic hydroxyl groups is 1. The van der Waals surface area contributed by atoms with Gasteiger partial charge in [-0.15, -0.1) is 0 Å². The lowest BCUT2D eigenvalue weighted by molar-refractivity contribution is 0.0460. The fourth-order valence-electron chi connectivity index (χ4n) is 4.10. The van der Waals surface area contributed by atoms with Crippen LogP contribution in [0.3, 0.4) is 0 Å². The van der Waals surface area contributed by atoms with Gasteiger partial charge in [-0.05, 0) is 92.6 Å². The maximum absolute atomic E-state index is 13.0. The van der Waals surface area contributed by atoms with Gasteiger partial charge < -0.3 is 14.4 Å². The van der Waals surface area contributed by atoms with E-state index in [2.05, 4.69) is 34.6 Å². The van der Waals surface area contributed by atoms with Crippen molar-refractivity contribution in [2.45, 2.75) is 60.1 Å². The molecule has 0 saturated carbocycles. The molecule has 0 radical (unpaired) electrons. The van der Waals surface area contributed by atoms with Crippen molar-refractivity contribution in [3.05, 3.63) is 92.9 Å². The average molecular weight is 420 g/mol. The standard InChI is InChI=1S/C27H33NO3/c1-16-17(2)19(4)24(20(5)18(16)3)15-23-13-14-25(31-23)27(30)28(7)21(6)26(29)22-11-9-8-10-12-22/h8-14,21,26,29H,15H2,1-7H3/t21-,26-/m0/s1. The Labute approximate surface area is 185 Å². The number of hydrogen-bond donors (Lipinski definition) is 1. The summed E-state index contributed by atoms with van der Waals surface area (Å²) in [5.41, 5.74) is 8.56. The molecular formula is C27H33NO3. The Morgan fingerprint density at radius 1 is 0.903 bits per heavy atom. The molecule has 2 atom stereocenters. The van der Waals surface area contributed by atoms with E-state index >= 15 is 0 Å². The maximum atomic E-state index is 13.0. The minimum Gasteiger partial charge on any atom is -0.456 e. The minimum absolute atomic E-state index is 0.238. The van der Waals surface area contributed by atoms with E-state index in [-0.39, 0.29) is 5.91 Å². The molecule has 0 aliphatic heterocycles. The first kappa shape index (κ1) is 22.8. The van der Waals surface area contributed by atoms with Crippen molar-refractivity contribution >= 4 is 5.91 Å². The van der Waals surface area contributed by atoms with Crippen LogP contribution in [0, 0.1) is 34.6 Å². The number of hydrogen-bond acceptors (Lipinski definition) is 3. The molecule has 1 N–H and O–H groups in total. The number of furan rings is 1. The molecule has 0 saturated heterocycles. The number of aliphatic hydroxyl groups excluding tert-OH is 1. The van der Waals surface area contributed by atoms with Crippen molar-refractivity contribution in [1.82, 2.24) is 4.90 Å². The van der Waals surface area contributed by atoms with Gasteiger partial charge in [0.2, 0.25) is 0 Å². The molecule has 4 heteroatoms. The number of carbonyl (C=O) groups excluding carboxylic acids is 1. The molecule has 0 aliphatic rings. The molecular weight excluding hydrogens is 386 g/mol. The van der Waals surface area contributed by atoms with Crippen LogP contribution in [0.4, 0.5) is 0 Å². The molecule has 0 unspecified atom stereocenters. The minimum atomic E-state index is -0.770. The topological polar surface area (TPSA) is 53.7 Å². The highest BCUT2D eigenvalue weighted by Crippen LogP contribution is 2.29. The van der Waals surface area contributed by atoms with Crippen molar-refractivity contribution in [3.8, 4) is 0 Å². The molecule has 0 bridgehead atoms. The van der Waals surface area contributed by atoms with E-state index in [0.717, 1.165) is 11.3 Å². The first-order chi connectivity index (χ1) is 14.6. The predicted octanol–water partition coefficient (Wildman–Crippen LogP) is 5.61. The molecule has 0 fully saturated rings. The fraction of sp³-hybridized carbons (Fsp3) is 0.370. The third-order valence-electron chi connectivity index (χ3n) is 6.91. The van der Waals surface area contributed by atoms with E-state index in [4.69, 9.17) is 4.42 Å². The number of amides is 1. The van der Waals surface area contributed by atoms with Crippen LogP contribution in [0.25, 0.3) is 0 Å². The Bertz CT molecular complexity index is 1050. The largest absolute Gasteiger partial charge is 0.456 e. The van der Waals surface area contributed by atoms with Gasteiger partial charge in [0.1, 0.15) is 5.76 Å². The smallest absolute Gasteiger partial charge is 0.289 e. The van der Waals surface area contributed by atoms with Gasteiger partial charge in [0.05, 0.1) is 12.1 Å². The molecule has 2 aromatic carbocycles. The van der Waals surface area contributed by atoms with Gasteiger partial charge in [-0.1, -0.05) is 30.3 Å². The summed E-state index contributed by atoms with van der Waals surface area (Å²) in [6.07, 6.45) is -0.118. The third-order valence-corrected chi connectivity index (χ3v) is 6.91. The van der Waals surface area contributed by atoms with Crippen molar-refractivity contribution in [3.63, 3.8) is 0 Å². The van der Waals surface area contributed by atoms with Gasteiger partial charge in [-0.2, -0.15) is 0 Å². The van der Waals surface area contributed by atoms with Gasteiger partial charge in [0.15, 0.2) is 5.76 Å². The summed E-state index contributed by atoms with van der Waals surface area (Å²) >= 11 is 0. The van der Waals surface area contributed by atoms with Crippen molar-refractivity contribution in [2.24, 2.45) is 0 Å². The molecule has 164 valence electrons. The first-order valence-electron chi connectivity index (χ1n) is 10.8. The second kappa shape index (κ2) is 9.11. The molecule has 3 aromatic rings. The van der Waals surface area contributed by atoms with Crippen LogP contribution in [0.5, 0.6) is 0 Å². The highest BCUT2D eigenvalue weighted by molar-refractivity contribution is 5.91. The Hall–Kier alpha value is -2.85. The average Bonchev–Trinajstić information content (AvgIpc) is 3.26.